The summed E-state index contributed by atoms with van der Waals surface area (Å²) in [6.45, 7) is 4.02. The third-order valence-corrected chi connectivity index (χ3v) is 2.98. The van der Waals surface area contributed by atoms with Gasteiger partial charge < -0.3 is 10.6 Å². The molecule has 0 radical (unpaired) electrons. The normalized spacial score (nSPS) is 22.1. The zero-order valence-electron chi connectivity index (χ0n) is 9.96. The standard InChI is InChI=1S/C12H21N3O/c1-10(6-7-13)15-12(16)5-4-11-3-2-8-14-9-11/h10-11,14H,2-6,8-9H2,1H3,(H,15,16). The van der Waals surface area contributed by atoms with E-state index in [2.05, 4.69) is 16.7 Å². The molecule has 0 bridgehead atoms. The average molecular weight is 223 g/mol. The Kier molecular flexibility index (Phi) is 5.87. The SMILES string of the molecule is CC(CC#N)NC(=O)CCC1CCCNC1. The van der Waals surface area contributed by atoms with E-state index in [0.717, 1.165) is 19.5 Å². The lowest BCUT2D eigenvalue weighted by molar-refractivity contribution is -0.122. The van der Waals surface area contributed by atoms with E-state index >= 15 is 0 Å². The van der Waals surface area contributed by atoms with Crippen molar-refractivity contribution < 1.29 is 4.79 Å². The van der Waals surface area contributed by atoms with Crippen molar-refractivity contribution in [3.63, 3.8) is 0 Å². The molecule has 2 unspecified atom stereocenters. The molecule has 1 rings (SSSR count). The summed E-state index contributed by atoms with van der Waals surface area (Å²) in [5.41, 5.74) is 0. The molecule has 0 aromatic rings. The molecule has 2 atom stereocenters. The lowest BCUT2D eigenvalue weighted by Crippen LogP contribution is -2.34. The summed E-state index contributed by atoms with van der Waals surface area (Å²) in [4.78, 5) is 11.5. The molecule has 16 heavy (non-hydrogen) atoms. The fourth-order valence-corrected chi connectivity index (χ4v) is 2.04. The second kappa shape index (κ2) is 7.24. The van der Waals surface area contributed by atoms with Gasteiger partial charge >= 0.3 is 0 Å². The summed E-state index contributed by atoms with van der Waals surface area (Å²) < 4.78 is 0. The number of rotatable bonds is 5. The predicted molar refractivity (Wildman–Crippen MR) is 62.7 cm³/mol. The molecule has 1 aliphatic rings. The maximum atomic E-state index is 11.5. The number of piperidine rings is 1. The van der Waals surface area contributed by atoms with Crippen molar-refractivity contribution in [3.8, 4) is 6.07 Å². The predicted octanol–water partition coefficient (Wildman–Crippen LogP) is 1.18. The number of nitriles is 1. The summed E-state index contributed by atoms with van der Waals surface area (Å²) in [6.07, 6.45) is 4.38. The van der Waals surface area contributed by atoms with Crippen LogP contribution in [0.2, 0.25) is 0 Å². The van der Waals surface area contributed by atoms with Crippen molar-refractivity contribution in [1.82, 2.24) is 10.6 Å². The van der Waals surface area contributed by atoms with Crippen molar-refractivity contribution in [2.45, 2.75) is 45.1 Å². The molecule has 0 aromatic carbocycles. The molecule has 0 spiro atoms. The van der Waals surface area contributed by atoms with Gasteiger partial charge in [-0.15, -0.1) is 0 Å². The van der Waals surface area contributed by atoms with Crippen molar-refractivity contribution in [2.75, 3.05) is 13.1 Å². The lowest BCUT2D eigenvalue weighted by Gasteiger charge is -2.22. The smallest absolute Gasteiger partial charge is 0.220 e. The number of hydrogen-bond acceptors (Lipinski definition) is 3. The Labute approximate surface area is 97.4 Å². The first kappa shape index (κ1) is 13.0. The van der Waals surface area contributed by atoms with Gasteiger partial charge in [-0.1, -0.05) is 0 Å². The van der Waals surface area contributed by atoms with Gasteiger partial charge in [0.1, 0.15) is 0 Å². The Hall–Kier alpha value is -1.08. The molecule has 4 heteroatoms. The molecule has 4 nitrogen and oxygen atoms in total. The van der Waals surface area contributed by atoms with Crippen molar-refractivity contribution in [3.05, 3.63) is 0 Å². The molecule has 1 saturated heterocycles. The van der Waals surface area contributed by atoms with E-state index in [1.165, 1.54) is 12.8 Å². The molecular formula is C12H21N3O. The zero-order valence-corrected chi connectivity index (χ0v) is 9.96. The Morgan fingerprint density at radius 1 is 1.69 bits per heavy atom. The molecule has 1 aliphatic heterocycles. The second-order valence-electron chi connectivity index (χ2n) is 4.58. The van der Waals surface area contributed by atoms with Crippen molar-refractivity contribution in [2.24, 2.45) is 5.92 Å². The molecule has 2 N–H and O–H groups in total. The third-order valence-electron chi connectivity index (χ3n) is 2.98. The average Bonchev–Trinajstić information content (AvgIpc) is 2.28. The molecule has 1 fully saturated rings. The number of carbonyl (C=O) groups is 1. The highest BCUT2D eigenvalue weighted by Crippen LogP contribution is 2.15. The van der Waals surface area contributed by atoms with E-state index in [1.807, 2.05) is 6.92 Å². The van der Waals surface area contributed by atoms with Crippen LogP contribution in [0.5, 0.6) is 0 Å². The van der Waals surface area contributed by atoms with E-state index in [9.17, 15) is 4.79 Å². The summed E-state index contributed by atoms with van der Waals surface area (Å²) >= 11 is 0. The van der Waals surface area contributed by atoms with Gasteiger partial charge in [-0.25, -0.2) is 0 Å². The van der Waals surface area contributed by atoms with E-state index in [1.54, 1.807) is 0 Å². The van der Waals surface area contributed by atoms with Crippen LogP contribution in [-0.2, 0) is 4.79 Å². The van der Waals surface area contributed by atoms with Crippen LogP contribution in [0.3, 0.4) is 0 Å². The van der Waals surface area contributed by atoms with Crippen LogP contribution in [-0.4, -0.2) is 25.0 Å². The molecule has 90 valence electrons. The van der Waals surface area contributed by atoms with Crippen LogP contribution in [0.15, 0.2) is 0 Å². The van der Waals surface area contributed by atoms with Crippen LogP contribution < -0.4 is 10.6 Å². The minimum atomic E-state index is -0.0259. The van der Waals surface area contributed by atoms with Crippen LogP contribution in [0.4, 0.5) is 0 Å². The van der Waals surface area contributed by atoms with Gasteiger partial charge in [0, 0.05) is 12.5 Å². The highest BCUT2D eigenvalue weighted by atomic mass is 16.1. The highest BCUT2D eigenvalue weighted by molar-refractivity contribution is 5.76. The quantitative estimate of drug-likeness (QED) is 0.735. The van der Waals surface area contributed by atoms with Gasteiger partial charge in [0.2, 0.25) is 5.91 Å². The zero-order chi connectivity index (χ0) is 11.8. The highest BCUT2D eigenvalue weighted by Gasteiger charge is 2.15. The van der Waals surface area contributed by atoms with Crippen LogP contribution in [0, 0.1) is 17.2 Å². The second-order valence-corrected chi connectivity index (χ2v) is 4.58. The molecule has 1 heterocycles. The Morgan fingerprint density at radius 3 is 3.12 bits per heavy atom. The number of carbonyl (C=O) groups excluding carboxylic acids is 1. The number of amides is 1. The Bertz CT molecular complexity index is 253. The number of nitrogens with zero attached hydrogens (tertiary/aromatic N) is 1. The van der Waals surface area contributed by atoms with E-state index in [4.69, 9.17) is 5.26 Å². The number of hydrogen-bond donors (Lipinski definition) is 2. The van der Waals surface area contributed by atoms with Crippen LogP contribution in [0.1, 0.15) is 39.0 Å². The minimum absolute atomic E-state index is 0.0259. The first-order valence-corrected chi connectivity index (χ1v) is 6.09. The van der Waals surface area contributed by atoms with Crippen molar-refractivity contribution in [1.29, 1.82) is 5.26 Å². The van der Waals surface area contributed by atoms with Gasteiger partial charge in [0.15, 0.2) is 0 Å². The maximum Gasteiger partial charge on any atom is 0.220 e. The van der Waals surface area contributed by atoms with E-state index in [-0.39, 0.29) is 11.9 Å². The Morgan fingerprint density at radius 2 is 2.50 bits per heavy atom. The van der Waals surface area contributed by atoms with Crippen LogP contribution >= 0.6 is 0 Å². The largest absolute Gasteiger partial charge is 0.353 e. The number of nitrogens with one attached hydrogen (secondary N) is 2. The summed E-state index contributed by atoms with van der Waals surface area (Å²) in [5.74, 6) is 0.721. The molecule has 0 saturated carbocycles. The van der Waals surface area contributed by atoms with Gasteiger partial charge in [-0.3, -0.25) is 4.79 Å². The van der Waals surface area contributed by atoms with Crippen molar-refractivity contribution >= 4 is 5.91 Å². The summed E-state index contributed by atoms with van der Waals surface area (Å²) in [6, 6.07) is 2.03. The fraction of sp³-hybridized carbons (Fsp3) is 0.833. The Balaban J connectivity index is 2.12. The topological polar surface area (TPSA) is 64.9 Å². The molecular weight excluding hydrogens is 202 g/mol. The third kappa shape index (κ3) is 5.13. The molecule has 1 amide bonds. The van der Waals surface area contributed by atoms with Gasteiger partial charge in [-0.05, 0) is 45.2 Å². The fourth-order valence-electron chi connectivity index (χ4n) is 2.04. The summed E-state index contributed by atoms with van der Waals surface area (Å²) in [7, 11) is 0. The van der Waals surface area contributed by atoms with Gasteiger partial charge in [0.05, 0.1) is 12.5 Å². The molecule has 0 aromatic heterocycles. The minimum Gasteiger partial charge on any atom is -0.353 e. The first-order chi connectivity index (χ1) is 7.72. The first-order valence-electron chi connectivity index (χ1n) is 6.09. The van der Waals surface area contributed by atoms with E-state index in [0.29, 0.717) is 18.8 Å². The van der Waals surface area contributed by atoms with E-state index < -0.39 is 0 Å². The monoisotopic (exact) mass is 223 g/mol. The van der Waals surface area contributed by atoms with Gasteiger partial charge in [-0.2, -0.15) is 5.26 Å². The maximum absolute atomic E-state index is 11.5. The van der Waals surface area contributed by atoms with Crippen LogP contribution in [0.25, 0.3) is 0 Å². The lowest BCUT2D eigenvalue weighted by atomic mass is 9.94. The molecule has 0 aliphatic carbocycles. The van der Waals surface area contributed by atoms with Gasteiger partial charge in [0.25, 0.3) is 0 Å². The summed E-state index contributed by atoms with van der Waals surface area (Å²) in [5, 5.41) is 14.7.